The molecule has 3 rings (SSSR count). The third-order valence-electron chi connectivity index (χ3n) is 4.17. The molecule has 2 aromatic rings. The molecule has 1 aromatic heterocycles. The normalized spacial score (nSPS) is 16.8. The van der Waals surface area contributed by atoms with E-state index in [0.29, 0.717) is 6.54 Å². The number of β-amino-alcohol motifs (C(OH)–C–C–N with tert-alkyl or cyclic N) is 1. The van der Waals surface area contributed by atoms with E-state index in [2.05, 4.69) is 20.6 Å². The van der Waals surface area contributed by atoms with Crippen molar-refractivity contribution in [1.29, 1.82) is 0 Å². The number of nitrogens with zero attached hydrogens (tertiary/aromatic N) is 3. The fourth-order valence-corrected chi connectivity index (χ4v) is 2.91. The van der Waals surface area contributed by atoms with E-state index in [-0.39, 0.29) is 36.3 Å². The molecule has 0 fully saturated rings. The summed E-state index contributed by atoms with van der Waals surface area (Å²) in [6.07, 6.45) is -0.728. The minimum atomic E-state index is -0.728. The van der Waals surface area contributed by atoms with Crippen LogP contribution in [-0.4, -0.2) is 58.3 Å². The van der Waals surface area contributed by atoms with Crippen molar-refractivity contribution < 1.29 is 14.7 Å². The summed E-state index contributed by atoms with van der Waals surface area (Å²) in [6.45, 7) is 1.50. The lowest BCUT2D eigenvalue weighted by Gasteiger charge is -2.14. The monoisotopic (exact) mass is 357 g/mol. The smallest absolute Gasteiger partial charge is 0.272 e. The highest BCUT2D eigenvalue weighted by Gasteiger charge is 2.24. The van der Waals surface area contributed by atoms with Gasteiger partial charge < -0.3 is 20.6 Å². The van der Waals surface area contributed by atoms with Crippen LogP contribution in [0.25, 0.3) is 0 Å². The molecule has 0 aliphatic carbocycles. The molecule has 1 atom stereocenters. The number of carbonyl (C=O) groups is 2. The Hall–Kier alpha value is -2.71. The molecular formula is C18H23N5O3. The summed E-state index contributed by atoms with van der Waals surface area (Å²) in [7, 11) is 3.99. The molecule has 8 nitrogen and oxygen atoms in total. The molecule has 8 heteroatoms. The summed E-state index contributed by atoms with van der Waals surface area (Å²) < 4.78 is 1.38. The topological polar surface area (TPSA) is 99.5 Å². The van der Waals surface area contributed by atoms with Gasteiger partial charge in [-0.2, -0.15) is 5.10 Å². The van der Waals surface area contributed by atoms with Crippen molar-refractivity contribution in [3.63, 3.8) is 0 Å². The van der Waals surface area contributed by atoms with Gasteiger partial charge in [-0.25, -0.2) is 0 Å². The lowest BCUT2D eigenvalue weighted by Crippen LogP contribution is -2.30. The van der Waals surface area contributed by atoms with Gasteiger partial charge in [0.2, 0.25) is 0 Å². The van der Waals surface area contributed by atoms with Crippen LogP contribution in [0.2, 0.25) is 0 Å². The fraction of sp³-hybridized carbons (Fsp3) is 0.389. The largest absolute Gasteiger partial charge is 0.389 e. The Balaban J connectivity index is 1.71. The second kappa shape index (κ2) is 7.67. The predicted octanol–water partition coefficient (Wildman–Crippen LogP) is -0.0210. The summed E-state index contributed by atoms with van der Waals surface area (Å²) in [6, 6.07) is 9.37. The Kier molecular flexibility index (Phi) is 5.34. The van der Waals surface area contributed by atoms with Gasteiger partial charge in [0.1, 0.15) is 5.69 Å². The highest BCUT2D eigenvalue weighted by atomic mass is 16.3. The Morgan fingerprint density at radius 3 is 2.85 bits per heavy atom. The van der Waals surface area contributed by atoms with Crippen molar-refractivity contribution in [3.8, 4) is 0 Å². The predicted molar refractivity (Wildman–Crippen MR) is 95.6 cm³/mol. The van der Waals surface area contributed by atoms with Crippen LogP contribution in [0.15, 0.2) is 30.3 Å². The van der Waals surface area contributed by atoms with Crippen LogP contribution in [0, 0.1) is 0 Å². The lowest BCUT2D eigenvalue weighted by atomic mass is 10.1. The number of rotatable bonds is 5. The van der Waals surface area contributed by atoms with Gasteiger partial charge in [0.25, 0.3) is 11.8 Å². The number of amides is 2. The standard InChI is InChI=1S/C18H23N5O3/c1-22(2)10-13-6-4-3-5-12(13)8-19-17(25)15-7-16-18(26)20-9-14(24)11-23(16)21-15/h3-7,14,24H,8-11H2,1-2H3,(H,19,25)(H,20,26)/t14-/m1/s1. The van der Waals surface area contributed by atoms with Crippen LogP contribution in [0.4, 0.5) is 0 Å². The van der Waals surface area contributed by atoms with Crippen molar-refractivity contribution in [2.45, 2.75) is 25.7 Å². The quantitative estimate of drug-likeness (QED) is 0.698. The van der Waals surface area contributed by atoms with Crippen molar-refractivity contribution in [3.05, 3.63) is 52.8 Å². The van der Waals surface area contributed by atoms with Crippen LogP contribution in [0.5, 0.6) is 0 Å². The van der Waals surface area contributed by atoms with E-state index in [1.54, 1.807) is 0 Å². The van der Waals surface area contributed by atoms with E-state index >= 15 is 0 Å². The first-order chi connectivity index (χ1) is 12.4. The SMILES string of the molecule is CN(C)Cc1ccccc1CNC(=O)c1cc2n(n1)C[C@H](O)CNC2=O. The molecule has 1 aliphatic heterocycles. The maximum absolute atomic E-state index is 12.5. The highest BCUT2D eigenvalue weighted by Crippen LogP contribution is 2.12. The molecule has 0 radical (unpaired) electrons. The number of fused-ring (bicyclic) bond motifs is 1. The molecule has 3 N–H and O–H groups in total. The second-order valence-corrected chi connectivity index (χ2v) is 6.65. The number of aliphatic hydroxyl groups is 1. The Labute approximate surface area is 151 Å². The van der Waals surface area contributed by atoms with Gasteiger partial charge in [0.15, 0.2) is 5.69 Å². The zero-order chi connectivity index (χ0) is 18.7. The van der Waals surface area contributed by atoms with Crippen molar-refractivity contribution in [2.75, 3.05) is 20.6 Å². The molecule has 1 aliphatic rings. The third-order valence-corrected chi connectivity index (χ3v) is 4.17. The summed E-state index contributed by atoms with van der Waals surface area (Å²) in [5.41, 5.74) is 2.61. The molecule has 0 saturated heterocycles. The van der Waals surface area contributed by atoms with Gasteiger partial charge in [-0.3, -0.25) is 14.3 Å². The van der Waals surface area contributed by atoms with Gasteiger partial charge >= 0.3 is 0 Å². The minimum Gasteiger partial charge on any atom is -0.389 e. The number of hydrogen-bond acceptors (Lipinski definition) is 5. The molecule has 138 valence electrons. The van der Waals surface area contributed by atoms with Crippen molar-refractivity contribution in [2.24, 2.45) is 0 Å². The number of hydrogen-bond donors (Lipinski definition) is 3. The lowest BCUT2D eigenvalue weighted by molar-refractivity contribution is 0.0931. The number of nitrogens with one attached hydrogen (secondary N) is 2. The Morgan fingerprint density at radius 1 is 1.38 bits per heavy atom. The zero-order valence-electron chi connectivity index (χ0n) is 14.9. The van der Waals surface area contributed by atoms with Gasteiger partial charge in [-0.1, -0.05) is 24.3 Å². The Bertz CT molecular complexity index is 815. The van der Waals surface area contributed by atoms with Crippen LogP contribution in [0.1, 0.15) is 32.1 Å². The van der Waals surface area contributed by atoms with Crippen LogP contribution in [-0.2, 0) is 19.6 Å². The van der Waals surface area contributed by atoms with Gasteiger partial charge in [0.05, 0.1) is 12.6 Å². The number of carbonyl (C=O) groups excluding carboxylic acids is 2. The first-order valence-electron chi connectivity index (χ1n) is 8.48. The summed E-state index contributed by atoms with van der Waals surface area (Å²) in [5, 5.41) is 19.4. The third kappa shape index (κ3) is 4.09. The van der Waals surface area contributed by atoms with Crippen LogP contribution >= 0.6 is 0 Å². The first kappa shape index (κ1) is 18.1. The molecule has 2 heterocycles. The van der Waals surface area contributed by atoms with Crippen molar-refractivity contribution >= 4 is 11.8 Å². The second-order valence-electron chi connectivity index (χ2n) is 6.65. The molecule has 0 bridgehead atoms. The number of aromatic nitrogens is 2. The van der Waals surface area contributed by atoms with Crippen LogP contribution < -0.4 is 10.6 Å². The van der Waals surface area contributed by atoms with E-state index in [1.165, 1.54) is 10.7 Å². The average Bonchev–Trinajstić information content (AvgIpc) is 2.96. The van der Waals surface area contributed by atoms with Crippen molar-refractivity contribution in [1.82, 2.24) is 25.3 Å². The van der Waals surface area contributed by atoms with E-state index in [0.717, 1.165) is 17.7 Å². The molecule has 0 saturated carbocycles. The summed E-state index contributed by atoms with van der Waals surface area (Å²) in [5.74, 6) is -0.697. The highest BCUT2D eigenvalue weighted by molar-refractivity contribution is 5.98. The molecule has 1 aromatic carbocycles. The number of benzene rings is 1. The maximum atomic E-state index is 12.5. The fourth-order valence-electron chi connectivity index (χ4n) is 2.91. The van der Waals surface area contributed by atoms with Gasteiger partial charge in [-0.05, 0) is 25.2 Å². The molecular weight excluding hydrogens is 334 g/mol. The van der Waals surface area contributed by atoms with Crippen LogP contribution in [0.3, 0.4) is 0 Å². The van der Waals surface area contributed by atoms with Gasteiger partial charge in [0, 0.05) is 25.7 Å². The van der Waals surface area contributed by atoms with E-state index in [1.807, 2.05) is 38.4 Å². The van der Waals surface area contributed by atoms with E-state index in [9.17, 15) is 14.7 Å². The number of aliphatic hydroxyl groups excluding tert-OH is 1. The average molecular weight is 357 g/mol. The molecule has 0 unspecified atom stereocenters. The first-order valence-corrected chi connectivity index (χ1v) is 8.48. The summed E-state index contributed by atoms with van der Waals surface area (Å²) >= 11 is 0. The van der Waals surface area contributed by atoms with E-state index in [4.69, 9.17) is 0 Å². The molecule has 2 amide bonds. The summed E-state index contributed by atoms with van der Waals surface area (Å²) in [4.78, 5) is 26.5. The zero-order valence-corrected chi connectivity index (χ0v) is 14.9. The minimum absolute atomic E-state index is 0.161. The van der Waals surface area contributed by atoms with E-state index < -0.39 is 6.10 Å². The molecule has 0 spiro atoms. The molecule has 26 heavy (non-hydrogen) atoms. The maximum Gasteiger partial charge on any atom is 0.272 e. The van der Waals surface area contributed by atoms with Gasteiger partial charge in [-0.15, -0.1) is 0 Å². The Morgan fingerprint density at radius 2 is 2.12 bits per heavy atom.